The van der Waals surface area contributed by atoms with Crippen molar-refractivity contribution in [1.29, 1.82) is 0 Å². The van der Waals surface area contributed by atoms with Gasteiger partial charge in [-0.15, -0.1) is 0 Å². The van der Waals surface area contributed by atoms with Gasteiger partial charge in [-0.1, -0.05) is 19.8 Å². The summed E-state index contributed by atoms with van der Waals surface area (Å²) in [6, 6.07) is 1.87. The van der Waals surface area contributed by atoms with Gasteiger partial charge in [0.15, 0.2) is 0 Å². The Labute approximate surface area is 122 Å². The highest BCUT2D eigenvalue weighted by Crippen LogP contribution is 2.32. The zero-order valence-corrected chi connectivity index (χ0v) is 11.9. The maximum atomic E-state index is 12.2. The molecule has 110 valence electrons. The zero-order valence-electron chi connectivity index (χ0n) is 11.9. The van der Waals surface area contributed by atoms with E-state index in [2.05, 4.69) is 22.2 Å². The quantitative estimate of drug-likeness (QED) is 0.842. The zero-order chi connectivity index (χ0) is 14.8. The topological polar surface area (TPSA) is 90.1 Å². The Morgan fingerprint density at radius 3 is 3.19 bits per heavy atom. The Balaban J connectivity index is 2.11. The van der Waals surface area contributed by atoms with E-state index in [0.717, 1.165) is 30.2 Å². The number of anilines is 2. The van der Waals surface area contributed by atoms with Gasteiger partial charge in [0.05, 0.1) is 17.2 Å². The minimum absolute atomic E-state index is 0.0837. The molecule has 0 fully saturated rings. The number of nitrogen functional groups attached to an aromatic ring is 1. The largest absolute Gasteiger partial charge is 0.460 e. The molecule has 21 heavy (non-hydrogen) atoms. The number of hydrogen-bond donors (Lipinski definition) is 2. The molecule has 3 heterocycles. The van der Waals surface area contributed by atoms with Crippen LogP contribution in [0.3, 0.4) is 0 Å². The van der Waals surface area contributed by atoms with Crippen molar-refractivity contribution < 1.29 is 9.53 Å². The minimum atomic E-state index is -0.424. The highest BCUT2D eigenvalue weighted by Gasteiger charge is 2.27. The maximum Gasteiger partial charge on any atom is 0.344 e. The molecule has 0 saturated heterocycles. The summed E-state index contributed by atoms with van der Waals surface area (Å²) in [5, 5.41) is 4.20. The number of unbranched alkanes of at least 4 members (excludes halogenated alkanes) is 1. The highest BCUT2D eigenvalue weighted by molar-refractivity contribution is 6.09. The molecule has 2 aromatic rings. The average Bonchev–Trinajstić information content (AvgIpc) is 2.65. The molecule has 6 nitrogen and oxygen atoms in total. The van der Waals surface area contributed by atoms with Crippen molar-refractivity contribution >= 4 is 28.4 Å². The Morgan fingerprint density at radius 2 is 2.38 bits per heavy atom. The maximum absolute atomic E-state index is 12.2. The lowest BCUT2D eigenvalue weighted by Gasteiger charge is -2.17. The number of carbonyl (C=O) groups excluding carboxylic acids is 1. The molecule has 0 aromatic carbocycles. The first-order valence-corrected chi connectivity index (χ1v) is 7.17. The van der Waals surface area contributed by atoms with E-state index in [1.54, 1.807) is 18.5 Å². The van der Waals surface area contributed by atoms with Crippen molar-refractivity contribution in [3.63, 3.8) is 0 Å². The second-order valence-electron chi connectivity index (χ2n) is 5.22. The lowest BCUT2D eigenvalue weighted by Crippen LogP contribution is -2.24. The Hall–Kier alpha value is -2.37. The van der Waals surface area contributed by atoms with Gasteiger partial charge in [-0.25, -0.2) is 9.78 Å². The predicted octanol–water partition coefficient (Wildman–Crippen LogP) is 2.35. The number of rotatable bonds is 3. The van der Waals surface area contributed by atoms with Crippen LogP contribution in [-0.4, -0.2) is 28.6 Å². The number of ether oxygens (including phenoxy) is 1. The summed E-state index contributed by atoms with van der Waals surface area (Å²) in [6.45, 7) is 2.48. The van der Waals surface area contributed by atoms with E-state index >= 15 is 0 Å². The number of esters is 1. The van der Waals surface area contributed by atoms with Crippen LogP contribution in [0.2, 0.25) is 0 Å². The van der Waals surface area contributed by atoms with Crippen LogP contribution in [0.25, 0.3) is 10.9 Å². The normalized spacial score (nSPS) is 17.8. The second-order valence-corrected chi connectivity index (χ2v) is 5.22. The summed E-state index contributed by atoms with van der Waals surface area (Å²) in [6.07, 6.45) is 6.46. The lowest BCUT2D eigenvalue weighted by molar-refractivity contribution is 0.0498. The van der Waals surface area contributed by atoms with Gasteiger partial charge in [0.2, 0.25) is 0 Å². The number of nitrogens with zero attached hydrogens (tertiary/aromatic N) is 2. The third-order valence-corrected chi connectivity index (χ3v) is 3.69. The van der Waals surface area contributed by atoms with Crippen molar-refractivity contribution in [2.24, 2.45) is 0 Å². The van der Waals surface area contributed by atoms with Gasteiger partial charge < -0.3 is 15.8 Å². The van der Waals surface area contributed by atoms with E-state index in [1.165, 1.54) is 0 Å². The van der Waals surface area contributed by atoms with Gasteiger partial charge in [0.1, 0.15) is 18.0 Å². The summed E-state index contributed by atoms with van der Waals surface area (Å²) < 4.78 is 5.33. The number of hydrogen-bond acceptors (Lipinski definition) is 6. The fourth-order valence-corrected chi connectivity index (χ4v) is 2.58. The van der Waals surface area contributed by atoms with E-state index < -0.39 is 5.97 Å². The van der Waals surface area contributed by atoms with Crippen LogP contribution in [-0.2, 0) is 4.74 Å². The van der Waals surface area contributed by atoms with Gasteiger partial charge in [0, 0.05) is 17.8 Å². The van der Waals surface area contributed by atoms with Crippen molar-refractivity contribution in [2.45, 2.75) is 32.2 Å². The number of aromatic nitrogens is 2. The summed E-state index contributed by atoms with van der Waals surface area (Å²) in [5.74, 6) is -0.232. The monoisotopic (exact) mass is 286 g/mol. The van der Waals surface area contributed by atoms with Crippen LogP contribution in [0, 0.1) is 0 Å². The van der Waals surface area contributed by atoms with Gasteiger partial charge in [-0.2, -0.15) is 0 Å². The number of cyclic esters (lactones) is 1. The minimum Gasteiger partial charge on any atom is -0.460 e. The number of carbonyl (C=O) groups is 1. The Kier molecular flexibility index (Phi) is 3.60. The van der Waals surface area contributed by atoms with Crippen molar-refractivity contribution in [2.75, 3.05) is 17.7 Å². The summed E-state index contributed by atoms with van der Waals surface area (Å²) in [4.78, 5) is 20.6. The number of nitrogens with one attached hydrogen (secondary N) is 1. The van der Waals surface area contributed by atoms with E-state index in [4.69, 9.17) is 10.5 Å². The first kappa shape index (κ1) is 13.6. The van der Waals surface area contributed by atoms with Crippen LogP contribution in [0.4, 0.5) is 11.5 Å². The standard InChI is InChI=1S/C15H18N4O2/c1-2-3-4-9-8-21-15(20)12-13(18-9)10-7-17-6-5-11(10)19-14(12)16/h5-7,9,18H,2-4,8H2,1H3,(H2,16,19). The molecule has 1 aliphatic rings. The van der Waals surface area contributed by atoms with E-state index in [0.29, 0.717) is 17.9 Å². The number of nitrogens with two attached hydrogens (primary N) is 1. The molecule has 0 saturated carbocycles. The third kappa shape index (κ3) is 2.49. The first-order chi connectivity index (χ1) is 10.2. The molecule has 1 unspecified atom stereocenters. The molecule has 6 heteroatoms. The van der Waals surface area contributed by atoms with Crippen LogP contribution in [0.15, 0.2) is 18.5 Å². The SMILES string of the molecule is CCCCC1COC(=O)c2c(N)nc3ccncc3c2N1. The second kappa shape index (κ2) is 5.55. The van der Waals surface area contributed by atoms with Gasteiger partial charge in [-0.3, -0.25) is 4.98 Å². The van der Waals surface area contributed by atoms with Crippen molar-refractivity contribution in [3.05, 3.63) is 24.0 Å². The van der Waals surface area contributed by atoms with E-state index in [9.17, 15) is 4.79 Å². The molecule has 3 N–H and O–H groups in total. The molecule has 0 radical (unpaired) electrons. The predicted molar refractivity (Wildman–Crippen MR) is 81.2 cm³/mol. The molecule has 3 rings (SSSR count). The van der Waals surface area contributed by atoms with Crippen molar-refractivity contribution in [1.82, 2.24) is 9.97 Å². The van der Waals surface area contributed by atoms with Crippen LogP contribution in [0.1, 0.15) is 36.5 Å². The molecule has 0 aliphatic carbocycles. The summed E-state index contributed by atoms with van der Waals surface area (Å²) in [5.41, 5.74) is 7.66. The molecular weight excluding hydrogens is 268 g/mol. The molecule has 0 bridgehead atoms. The van der Waals surface area contributed by atoms with E-state index in [1.807, 2.05) is 0 Å². The molecule has 0 amide bonds. The molecule has 1 aliphatic heterocycles. The lowest BCUT2D eigenvalue weighted by atomic mass is 10.1. The number of pyridine rings is 2. The van der Waals surface area contributed by atoms with Gasteiger partial charge in [0.25, 0.3) is 0 Å². The van der Waals surface area contributed by atoms with Crippen LogP contribution in [0.5, 0.6) is 0 Å². The highest BCUT2D eigenvalue weighted by atomic mass is 16.5. The fraction of sp³-hybridized carbons (Fsp3) is 0.400. The third-order valence-electron chi connectivity index (χ3n) is 3.69. The van der Waals surface area contributed by atoms with E-state index in [-0.39, 0.29) is 11.9 Å². The van der Waals surface area contributed by atoms with Gasteiger partial charge >= 0.3 is 5.97 Å². The smallest absolute Gasteiger partial charge is 0.344 e. The first-order valence-electron chi connectivity index (χ1n) is 7.17. The molecule has 1 atom stereocenters. The van der Waals surface area contributed by atoms with Gasteiger partial charge in [-0.05, 0) is 12.5 Å². The Morgan fingerprint density at radius 1 is 1.52 bits per heavy atom. The average molecular weight is 286 g/mol. The molecule has 2 aromatic heterocycles. The molecule has 0 spiro atoms. The number of fused-ring (bicyclic) bond motifs is 3. The molecular formula is C15H18N4O2. The summed E-state index contributed by atoms with van der Waals surface area (Å²) in [7, 11) is 0. The summed E-state index contributed by atoms with van der Waals surface area (Å²) >= 11 is 0. The van der Waals surface area contributed by atoms with Crippen molar-refractivity contribution in [3.8, 4) is 0 Å². The van der Waals surface area contributed by atoms with Crippen LogP contribution >= 0.6 is 0 Å². The van der Waals surface area contributed by atoms with Crippen LogP contribution < -0.4 is 11.1 Å². The fourth-order valence-electron chi connectivity index (χ4n) is 2.58. The Bertz CT molecular complexity index is 687.